The Bertz CT molecular complexity index is 126. The first kappa shape index (κ1) is 6.52. The van der Waals surface area contributed by atoms with Crippen LogP contribution in [0.4, 0.5) is 4.39 Å². The van der Waals surface area contributed by atoms with Gasteiger partial charge in [0.15, 0.2) is 0 Å². The summed E-state index contributed by atoms with van der Waals surface area (Å²) >= 11 is 0. The molecule has 0 saturated carbocycles. The molecule has 2 nitrogen and oxygen atoms in total. The number of carbonyl (C=O) groups excluding carboxylic acids is 1. The molecule has 0 aliphatic carbocycles. The Kier molecular flexibility index (Phi) is 1.69. The highest BCUT2D eigenvalue weighted by atomic mass is 19.1. The van der Waals surface area contributed by atoms with Gasteiger partial charge in [-0.25, -0.2) is 4.39 Å². The monoisotopic (exact) mass is 131 g/mol. The molecule has 9 heavy (non-hydrogen) atoms. The van der Waals surface area contributed by atoms with Gasteiger partial charge < -0.3 is 4.90 Å². The van der Waals surface area contributed by atoms with Gasteiger partial charge in [0, 0.05) is 13.6 Å². The number of likely N-dealkylation sites (tertiary alicyclic amines) is 1. The first-order valence-electron chi connectivity index (χ1n) is 3.08. The van der Waals surface area contributed by atoms with Gasteiger partial charge in [-0.3, -0.25) is 4.79 Å². The molecule has 3 heteroatoms. The summed E-state index contributed by atoms with van der Waals surface area (Å²) in [5.41, 5.74) is 0. The van der Waals surface area contributed by atoms with Crippen molar-refractivity contribution in [2.75, 3.05) is 13.6 Å². The second kappa shape index (κ2) is 2.33. The number of hydrogen-bond acceptors (Lipinski definition) is 1. The molecule has 1 rings (SSSR count). The van der Waals surface area contributed by atoms with E-state index in [9.17, 15) is 9.18 Å². The Balaban J connectivity index is 2.44. The zero-order valence-electron chi connectivity index (χ0n) is 5.43. The van der Waals surface area contributed by atoms with Gasteiger partial charge in [-0.05, 0) is 6.42 Å². The van der Waals surface area contributed by atoms with E-state index >= 15 is 0 Å². The Morgan fingerprint density at radius 3 is 2.89 bits per heavy atom. The summed E-state index contributed by atoms with van der Waals surface area (Å²) in [7, 11) is 1.70. The maximum atomic E-state index is 12.4. The van der Waals surface area contributed by atoms with Crippen molar-refractivity contribution in [1.29, 1.82) is 0 Å². The molecule has 0 aromatic carbocycles. The predicted octanol–water partition coefficient (Wildman–Crippen LogP) is 0.577. The van der Waals surface area contributed by atoms with Crippen LogP contribution in [0.3, 0.4) is 0 Å². The van der Waals surface area contributed by atoms with E-state index in [2.05, 4.69) is 0 Å². The summed E-state index contributed by atoms with van der Waals surface area (Å²) in [6, 6.07) is 0. The van der Waals surface area contributed by atoms with E-state index in [0.717, 1.165) is 0 Å². The minimum Gasteiger partial charge on any atom is -0.346 e. The standard InChI is InChI=1S/C6H10FNO/c1-8-3-2-5(7)4-6(8)9/h5H,2-4H2,1H3/t5-/m0/s1. The molecule has 0 unspecified atom stereocenters. The van der Waals surface area contributed by atoms with E-state index in [1.54, 1.807) is 11.9 Å². The minimum absolute atomic E-state index is 0.0752. The van der Waals surface area contributed by atoms with Crippen LogP contribution in [0.2, 0.25) is 0 Å². The number of hydrogen-bond donors (Lipinski definition) is 0. The summed E-state index contributed by atoms with van der Waals surface area (Å²) in [6.07, 6.45) is -0.313. The van der Waals surface area contributed by atoms with Crippen LogP contribution >= 0.6 is 0 Å². The molecule has 1 amide bonds. The van der Waals surface area contributed by atoms with Crippen LogP contribution in [0.15, 0.2) is 0 Å². The van der Waals surface area contributed by atoms with Crippen LogP contribution in [-0.4, -0.2) is 30.6 Å². The normalized spacial score (nSPS) is 28.9. The smallest absolute Gasteiger partial charge is 0.225 e. The molecule has 52 valence electrons. The van der Waals surface area contributed by atoms with E-state index in [0.29, 0.717) is 13.0 Å². The topological polar surface area (TPSA) is 20.3 Å². The summed E-state index contributed by atoms with van der Waals surface area (Å²) in [5, 5.41) is 0. The molecule has 1 saturated heterocycles. The van der Waals surface area contributed by atoms with Crippen molar-refractivity contribution in [1.82, 2.24) is 4.90 Å². The van der Waals surface area contributed by atoms with Gasteiger partial charge in [0.1, 0.15) is 6.17 Å². The van der Waals surface area contributed by atoms with Crippen molar-refractivity contribution in [3.63, 3.8) is 0 Å². The maximum absolute atomic E-state index is 12.4. The zero-order valence-corrected chi connectivity index (χ0v) is 5.43. The Hall–Kier alpha value is -0.600. The van der Waals surface area contributed by atoms with Gasteiger partial charge in [-0.2, -0.15) is 0 Å². The molecule has 1 heterocycles. The fraction of sp³-hybridized carbons (Fsp3) is 0.833. The third-order valence-corrected chi connectivity index (χ3v) is 1.60. The highest BCUT2D eigenvalue weighted by Gasteiger charge is 2.21. The van der Waals surface area contributed by atoms with Gasteiger partial charge in [0.05, 0.1) is 6.42 Å². The molecule has 0 bridgehead atoms. The van der Waals surface area contributed by atoms with Gasteiger partial charge >= 0.3 is 0 Å². The lowest BCUT2D eigenvalue weighted by molar-refractivity contribution is -0.133. The molecule has 1 aliphatic rings. The molecule has 0 aromatic heterocycles. The lowest BCUT2D eigenvalue weighted by atomic mass is 10.1. The molecule has 1 atom stereocenters. The summed E-state index contributed by atoms with van der Waals surface area (Å²) < 4.78 is 12.4. The van der Waals surface area contributed by atoms with Crippen LogP contribution < -0.4 is 0 Å². The lowest BCUT2D eigenvalue weighted by Gasteiger charge is -2.23. The fourth-order valence-electron chi connectivity index (χ4n) is 0.906. The fourth-order valence-corrected chi connectivity index (χ4v) is 0.906. The number of amides is 1. The maximum Gasteiger partial charge on any atom is 0.225 e. The highest BCUT2D eigenvalue weighted by Crippen LogP contribution is 2.12. The third-order valence-electron chi connectivity index (χ3n) is 1.60. The zero-order chi connectivity index (χ0) is 6.85. The van der Waals surface area contributed by atoms with E-state index in [-0.39, 0.29) is 12.3 Å². The van der Waals surface area contributed by atoms with Crippen molar-refractivity contribution in [2.45, 2.75) is 19.0 Å². The number of halogens is 1. The quantitative estimate of drug-likeness (QED) is 0.471. The van der Waals surface area contributed by atoms with Crippen LogP contribution in [0, 0.1) is 0 Å². The average molecular weight is 131 g/mol. The molecule has 0 aromatic rings. The second-order valence-corrected chi connectivity index (χ2v) is 2.41. The van der Waals surface area contributed by atoms with Crippen molar-refractivity contribution < 1.29 is 9.18 Å². The average Bonchev–Trinajstić information content (AvgIpc) is 1.80. The largest absolute Gasteiger partial charge is 0.346 e. The van der Waals surface area contributed by atoms with Gasteiger partial charge in [-0.1, -0.05) is 0 Å². The highest BCUT2D eigenvalue weighted by molar-refractivity contribution is 5.77. The van der Waals surface area contributed by atoms with E-state index in [1.165, 1.54) is 0 Å². The Labute approximate surface area is 53.6 Å². The second-order valence-electron chi connectivity index (χ2n) is 2.41. The lowest BCUT2D eigenvalue weighted by Crippen LogP contribution is -2.36. The van der Waals surface area contributed by atoms with Crippen LogP contribution in [0.25, 0.3) is 0 Å². The van der Waals surface area contributed by atoms with Crippen LogP contribution in [0.5, 0.6) is 0 Å². The van der Waals surface area contributed by atoms with Crippen molar-refractivity contribution in [2.24, 2.45) is 0 Å². The molecule has 0 radical (unpaired) electrons. The van der Waals surface area contributed by atoms with Crippen molar-refractivity contribution in [3.8, 4) is 0 Å². The SMILES string of the molecule is CN1CC[C@H](F)CC1=O. The van der Waals surface area contributed by atoms with Crippen molar-refractivity contribution >= 4 is 5.91 Å². The molecular weight excluding hydrogens is 121 g/mol. The van der Waals surface area contributed by atoms with Gasteiger partial charge in [0.2, 0.25) is 5.91 Å². The summed E-state index contributed by atoms with van der Waals surface area (Å²) in [5.74, 6) is -0.0752. The number of carbonyl (C=O) groups is 1. The molecule has 0 N–H and O–H groups in total. The first-order chi connectivity index (χ1) is 4.20. The summed E-state index contributed by atoms with van der Waals surface area (Å²) in [4.78, 5) is 12.3. The number of piperidine rings is 1. The molecule has 0 spiro atoms. The predicted molar refractivity (Wildman–Crippen MR) is 31.8 cm³/mol. The van der Waals surface area contributed by atoms with E-state index < -0.39 is 6.17 Å². The first-order valence-corrected chi connectivity index (χ1v) is 3.08. The molecular formula is C6H10FNO. The van der Waals surface area contributed by atoms with Crippen LogP contribution in [-0.2, 0) is 4.79 Å². The minimum atomic E-state index is -0.895. The van der Waals surface area contributed by atoms with Gasteiger partial charge in [-0.15, -0.1) is 0 Å². The van der Waals surface area contributed by atoms with Crippen LogP contribution in [0.1, 0.15) is 12.8 Å². The number of rotatable bonds is 0. The molecule has 1 aliphatic heterocycles. The van der Waals surface area contributed by atoms with E-state index in [4.69, 9.17) is 0 Å². The third kappa shape index (κ3) is 1.40. The van der Waals surface area contributed by atoms with Gasteiger partial charge in [0.25, 0.3) is 0 Å². The summed E-state index contributed by atoms with van der Waals surface area (Å²) in [6.45, 7) is 0.569. The number of nitrogens with zero attached hydrogens (tertiary/aromatic N) is 1. The Morgan fingerprint density at radius 2 is 2.44 bits per heavy atom. The van der Waals surface area contributed by atoms with E-state index in [1.807, 2.05) is 0 Å². The Morgan fingerprint density at radius 1 is 1.78 bits per heavy atom. The number of alkyl halides is 1. The van der Waals surface area contributed by atoms with Crippen molar-refractivity contribution in [3.05, 3.63) is 0 Å². The molecule has 1 fully saturated rings.